The topological polar surface area (TPSA) is 54.3 Å². The lowest BCUT2D eigenvalue weighted by Gasteiger charge is -2.34. The van der Waals surface area contributed by atoms with E-state index in [1.54, 1.807) is 12.4 Å². The largest absolute Gasteiger partial charge is 0.350 e. The van der Waals surface area contributed by atoms with Gasteiger partial charge in [-0.3, -0.25) is 9.69 Å². The number of rotatable bonds is 5. The molecule has 1 fully saturated rings. The maximum Gasteiger partial charge on any atom is 0.225 e. The predicted molar refractivity (Wildman–Crippen MR) is 103 cm³/mol. The zero-order valence-electron chi connectivity index (χ0n) is 15.0. The Labute approximate surface area is 153 Å². The Bertz CT molecular complexity index is 897. The van der Waals surface area contributed by atoms with Gasteiger partial charge in [0.25, 0.3) is 0 Å². The van der Waals surface area contributed by atoms with Crippen molar-refractivity contribution in [3.63, 3.8) is 0 Å². The number of anilines is 1. The summed E-state index contributed by atoms with van der Waals surface area (Å²) in [7, 11) is 1.99. The van der Waals surface area contributed by atoms with Crippen molar-refractivity contribution in [1.29, 1.82) is 0 Å². The van der Waals surface area contributed by atoms with Crippen LogP contribution in [0.4, 0.5) is 5.95 Å². The van der Waals surface area contributed by atoms with Crippen molar-refractivity contribution in [2.45, 2.75) is 6.42 Å². The molecule has 3 aromatic rings. The number of aromatic nitrogens is 3. The number of nitrogens with zero attached hydrogens (tertiary/aromatic N) is 5. The van der Waals surface area contributed by atoms with Crippen LogP contribution in [0.15, 0.2) is 48.9 Å². The average Bonchev–Trinajstić information content (AvgIpc) is 3.04. The van der Waals surface area contributed by atoms with Crippen molar-refractivity contribution >= 4 is 22.6 Å². The van der Waals surface area contributed by atoms with Gasteiger partial charge in [-0.15, -0.1) is 0 Å². The molecule has 1 aliphatic rings. The molecule has 0 N–H and O–H groups in total. The lowest BCUT2D eigenvalue weighted by Crippen LogP contribution is -2.47. The highest BCUT2D eigenvalue weighted by molar-refractivity contribution is 6.08. The molecule has 0 amide bonds. The second kappa shape index (κ2) is 7.25. The second-order valence-electron chi connectivity index (χ2n) is 6.72. The summed E-state index contributed by atoms with van der Waals surface area (Å²) in [5.74, 6) is 1.01. The molecule has 0 aliphatic carbocycles. The third-order valence-electron chi connectivity index (χ3n) is 5.06. The number of hydrogen-bond acceptors (Lipinski definition) is 5. The van der Waals surface area contributed by atoms with Crippen LogP contribution in [0.3, 0.4) is 0 Å². The van der Waals surface area contributed by atoms with E-state index >= 15 is 0 Å². The molecule has 6 nitrogen and oxygen atoms in total. The number of para-hydroxylation sites is 1. The minimum absolute atomic E-state index is 0.218. The fraction of sp³-hybridized carbons (Fsp3) is 0.350. The Hall–Kier alpha value is -2.73. The number of aryl methyl sites for hydroxylation is 1. The van der Waals surface area contributed by atoms with Gasteiger partial charge < -0.3 is 9.47 Å². The zero-order valence-corrected chi connectivity index (χ0v) is 15.0. The van der Waals surface area contributed by atoms with Crippen LogP contribution in [0, 0.1) is 0 Å². The smallest absolute Gasteiger partial charge is 0.225 e. The third kappa shape index (κ3) is 3.32. The number of carbonyl (C=O) groups excluding carboxylic acids is 1. The van der Waals surface area contributed by atoms with Crippen LogP contribution in [0.2, 0.25) is 0 Å². The van der Waals surface area contributed by atoms with Crippen LogP contribution in [0.25, 0.3) is 10.9 Å². The van der Waals surface area contributed by atoms with Gasteiger partial charge in [0.05, 0.1) is 0 Å². The molecule has 0 radical (unpaired) electrons. The third-order valence-corrected chi connectivity index (χ3v) is 5.06. The van der Waals surface area contributed by atoms with Gasteiger partial charge in [0.1, 0.15) is 0 Å². The molecule has 0 atom stereocenters. The number of ketones is 1. The van der Waals surface area contributed by atoms with Crippen LogP contribution >= 0.6 is 0 Å². The van der Waals surface area contributed by atoms with Crippen molar-refractivity contribution in [3.8, 4) is 0 Å². The van der Waals surface area contributed by atoms with Gasteiger partial charge in [0.15, 0.2) is 5.78 Å². The van der Waals surface area contributed by atoms with Crippen molar-refractivity contribution in [1.82, 2.24) is 19.4 Å². The molecule has 1 aromatic carbocycles. The SMILES string of the molecule is Cn1cc(C(=O)CCN2CCN(c3ncccn3)CC2)c2ccccc21. The van der Waals surface area contributed by atoms with Crippen molar-refractivity contribution < 1.29 is 4.79 Å². The van der Waals surface area contributed by atoms with E-state index < -0.39 is 0 Å². The van der Waals surface area contributed by atoms with E-state index in [2.05, 4.69) is 25.8 Å². The van der Waals surface area contributed by atoms with Crippen LogP contribution in [-0.4, -0.2) is 57.9 Å². The summed E-state index contributed by atoms with van der Waals surface area (Å²) in [5.41, 5.74) is 1.94. The van der Waals surface area contributed by atoms with Crippen molar-refractivity contribution in [3.05, 3.63) is 54.5 Å². The number of piperazine rings is 1. The summed E-state index contributed by atoms with van der Waals surface area (Å²) in [5, 5.41) is 1.05. The van der Waals surface area contributed by atoms with Gasteiger partial charge >= 0.3 is 0 Å². The summed E-state index contributed by atoms with van der Waals surface area (Å²) < 4.78 is 2.03. The molecular formula is C20H23N5O. The molecule has 1 saturated heterocycles. The first-order valence-electron chi connectivity index (χ1n) is 9.04. The maximum absolute atomic E-state index is 12.7. The fourth-order valence-electron chi connectivity index (χ4n) is 3.58. The normalized spacial score (nSPS) is 15.5. The summed E-state index contributed by atoms with van der Waals surface area (Å²) in [4.78, 5) is 25.9. The van der Waals surface area contributed by atoms with E-state index in [0.29, 0.717) is 6.42 Å². The Morgan fingerprint density at radius 1 is 1.04 bits per heavy atom. The number of benzene rings is 1. The van der Waals surface area contributed by atoms with Crippen LogP contribution < -0.4 is 4.90 Å². The highest BCUT2D eigenvalue weighted by Gasteiger charge is 2.20. The van der Waals surface area contributed by atoms with Gasteiger partial charge in [0.2, 0.25) is 5.95 Å². The van der Waals surface area contributed by atoms with Gasteiger partial charge in [-0.1, -0.05) is 18.2 Å². The highest BCUT2D eigenvalue weighted by atomic mass is 16.1. The second-order valence-corrected chi connectivity index (χ2v) is 6.72. The zero-order chi connectivity index (χ0) is 17.9. The number of hydrogen-bond donors (Lipinski definition) is 0. The monoisotopic (exact) mass is 349 g/mol. The Morgan fingerprint density at radius 2 is 1.77 bits per heavy atom. The van der Waals surface area contributed by atoms with E-state index in [-0.39, 0.29) is 5.78 Å². The first kappa shape index (κ1) is 16.7. The summed E-state index contributed by atoms with van der Waals surface area (Å²) in [6.07, 6.45) is 6.06. The van der Waals surface area contributed by atoms with Crippen molar-refractivity contribution in [2.24, 2.45) is 7.05 Å². The summed E-state index contributed by atoms with van der Waals surface area (Å²) in [6, 6.07) is 9.91. The Kier molecular flexibility index (Phi) is 4.67. The maximum atomic E-state index is 12.7. The van der Waals surface area contributed by atoms with Gasteiger partial charge in [-0.05, 0) is 12.1 Å². The molecule has 6 heteroatoms. The van der Waals surface area contributed by atoms with Gasteiger partial charge in [0, 0.05) is 81.2 Å². The molecule has 26 heavy (non-hydrogen) atoms. The molecular weight excluding hydrogens is 326 g/mol. The minimum atomic E-state index is 0.218. The summed E-state index contributed by atoms with van der Waals surface area (Å²) >= 11 is 0. The highest BCUT2D eigenvalue weighted by Crippen LogP contribution is 2.21. The molecule has 1 aliphatic heterocycles. The molecule has 134 valence electrons. The summed E-state index contributed by atoms with van der Waals surface area (Å²) in [6.45, 7) is 4.45. The predicted octanol–water partition coefficient (Wildman–Crippen LogP) is 2.36. The molecule has 4 rings (SSSR count). The molecule has 3 heterocycles. The van der Waals surface area contributed by atoms with E-state index in [4.69, 9.17) is 0 Å². The van der Waals surface area contributed by atoms with Gasteiger partial charge in [-0.2, -0.15) is 0 Å². The molecule has 0 unspecified atom stereocenters. The molecule has 0 saturated carbocycles. The fourth-order valence-corrected chi connectivity index (χ4v) is 3.58. The number of fused-ring (bicyclic) bond motifs is 1. The quantitative estimate of drug-likeness (QED) is 0.662. The lowest BCUT2D eigenvalue weighted by atomic mass is 10.1. The Balaban J connectivity index is 1.34. The molecule has 0 spiro atoms. The van der Waals surface area contributed by atoms with Crippen LogP contribution in [-0.2, 0) is 7.05 Å². The van der Waals surface area contributed by atoms with E-state index in [1.807, 2.05) is 42.1 Å². The first-order valence-corrected chi connectivity index (χ1v) is 9.04. The molecule has 0 bridgehead atoms. The van der Waals surface area contributed by atoms with Gasteiger partial charge in [-0.25, -0.2) is 9.97 Å². The average molecular weight is 349 g/mol. The Morgan fingerprint density at radius 3 is 2.54 bits per heavy atom. The minimum Gasteiger partial charge on any atom is -0.350 e. The van der Waals surface area contributed by atoms with E-state index in [0.717, 1.165) is 55.1 Å². The number of Topliss-reactive ketones (excluding diaryl/α,β-unsaturated/α-hetero) is 1. The standard InChI is InChI=1S/C20H23N5O/c1-23-15-17(16-5-2-3-6-18(16)23)19(26)7-10-24-11-13-25(14-12-24)20-21-8-4-9-22-20/h2-6,8-9,15H,7,10-14H2,1H3. The van der Waals surface area contributed by atoms with E-state index in [9.17, 15) is 4.79 Å². The first-order chi connectivity index (χ1) is 12.7. The number of carbonyl (C=O) groups is 1. The van der Waals surface area contributed by atoms with E-state index in [1.165, 1.54) is 0 Å². The van der Waals surface area contributed by atoms with Crippen LogP contribution in [0.1, 0.15) is 16.8 Å². The van der Waals surface area contributed by atoms with Crippen LogP contribution in [0.5, 0.6) is 0 Å². The van der Waals surface area contributed by atoms with Crippen molar-refractivity contribution in [2.75, 3.05) is 37.6 Å². The molecule has 2 aromatic heterocycles. The lowest BCUT2D eigenvalue weighted by molar-refractivity contribution is 0.0964.